The highest BCUT2D eigenvalue weighted by atomic mass is 19.1. The Labute approximate surface area is 143 Å². The smallest absolute Gasteiger partial charge is 0.317 e. The summed E-state index contributed by atoms with van der Waals surface area (Å²) in [5.74, 6) is 0.412. The average Bonchev–Trinajstić information content (AvgIpc) is 3.13. The lowest BCUT2D eigenvalue weighted by Crippen LogP contribution is -2.46. The first kappa shape index (κ1) is 17.2. The highest BCUT2D eigenvalue weighted by Crippen LogP contribution is 2.28. The van der Waals surface area contributed by atoms with Crippen molar-refractivity contribution in [2.24, 2.45) is 5.92 Å². The van der Waals surface area contributed by atoms with Crippen molar-refractivity contribution < 1.29 is 13.9 Å². The van der Waals surface area contributed by atoms with E-state index >= 15 is 0 Å². The molecule has 2 aliphatic heterocycles. The first-order valence-electron chi connectivity index (χ1n) is 9.11. The molecular weight excluding hydrogens is 307 g/mol. The van der Waals surface area contributed by atoms with Crippen LogP contribution in [0.4, 0.5) is 9.18 Å². The van der Waals surface area contributed by atoms with Crippen LogP contribution in [-0.2, 0) is 11.2 Å². The van der Waals surface area contributed by atoms with Crippen LogP contribution in [0, 0.1) is 11.7 Å². The molecule has 0 spiro atoms. The zero-order valence-electron chi connectivity index (χ0n) is 14.2. The molecule has 4 nitrogen and oxygen atoms in total. The Morgan fingerprint density at radius 3 is 2.83 bits per heavy atom. The number of nitrogens with zero attached hydrogens (tertiary/aromatic N) is 1. The van der Waals surface area contributed by atoms with Crippen LogP contribution in [0.25, 0.3) is 0 Å². The fraction of sp³-hybridized carbons (Fsp3) is 0.632. The summed E-state index contributed by atoms with van der Waals surface area (Å²) in [6.45, 7) is 3.16. The number of amides is 2. The van der Waals surface area contributed by atoms with Gasteiger partial charge in [0.05, 0.1) is 6.10 Å². The Hall–Kier alpha value is -1.62. The van der Waals surface area contributed by atoms with E-state index in [1.165, 1.54) is 18.9 Å². The maximum Gasteiger partial charge on any atom is 0.317 e. The van der Waals surface area contributed by atoms with E-state index in [9.17, 15) is 9.18 Å². The van der Waals surface area contributed by atoms with Crippen molar-refractivity contribution in [1.82, 2.24) is 10.2 Å². The van der Waals surface area contributed by atoms with Crippen molar-refractivity contribution in [2.45, 2.75) is 44.6 Å². The summed E-state index contributed by atoms with van der Waals surface area (Å²) < 4.78 is 18.9. The van der Waals surface area contributed by atoms with E-state index in [2.05, 4.69) is 5.32 Å². The Kier molecular flexibility index (Phi) is 6.07. The lowest BCUT2D eigenvalue weighted by atomic mass is 9.90. The van der Waals surface area contributed by atoms with E-state index in [0.717, 1.165) is 50.9 Å². The third kappa shape index (κ3) is 4.69. The van der Waals surface area contributed by atoms with Gasteiger partial charge in [-0.3, -0.25) is 0 Å². The van der Waals surface area contributed by atoms with Gasteiger partial charge >= 0.3 is 6.03 Å². The van der Waals surface area contributed by atoms with E-state index in [-0.39, 0.29) is 11.8 Å². The zero-order chi connectivity index (χ0) is 16.8. The van der Waals surface area contributed by atoms with Gasteiger partial charge in [0.2, 0.25) is 0 Å². The van der Waals surface area contributed by atoms with Crippen LogP contribution >= 0.6 is 0 Å². The number of hydrogen-bond donors (Lipinski definition) is 1. The van der Waals surface area contributed by atoms with Gasteiger partial charge in [-0.05, 0) is 62.1 Å². The topological polar surface area (TPSA) is 41.6 Å². The number of rotatable bonds is 5. The quantitative estimate of drug-likeness (QED) is 0.839. The normalized spacial score (nSPS) is 21.9. The van der Waals surface area contributed by atoms with Gasteiger partial charge in [0, 0.05) is 26.2 Å². The molecule has 2 heterocycles. The lowest BCUT2D eigenvalue weighted by Gasteiger charge is -2.34. The third-order valence-electron chi connectivity index (χ3n) is 5.13. The fourth-order valence-electron chi connectivity index (χ4n) is 3.74. The molecule has 1 aromatic carbocycles. The average molecular weight is 334 g/mol. The molecule has 2 saturated heterocycles. The van der Waals surface area contributed by atoms with Crippen molar-refractivity contribution in [1.29, 1.82) is 0 Å². The number of likely N-dealkylation sites (tertiary alicyclic amines) is 1. The van der Waals surface area contributed by atoms with Gasteiger partial charge in [0.1, 0.15) is 5.82 Å². The van der Waals surface area contributed by atoms with Crippen molar-refractivity contribution in [3.63, 3.8) is 0 Å². The molecule has 0 saturated carbocycles. The summed E-state index contributed by atoms with van der Waals surface area (Å²) in [5, 5.41) is 2.98. The number of benzene rings is 1. The summed E-state index contributed by atoms with van der Waals surface area (Å²) in [5.41, 5.74) is 0.974. The molecule has 5 heteroatoms. The number of halogens is 1. The predicted octanol–water partition coefficient (Wildman–Crippen LogP) is 3.36. The van der Waals surface area contributed by atoms with Crippen molar-refractivity contribution in [3.8, 4) is 0 Å². The minimum Gasteiger partial charge on any atom is -0.378 e. The molecule has 0 aromatic heterocycles. The second-order valence-electron chi connectivity index (χ2n) is 6.84. The molecule has 1 N–H and O–H groups in total. The molecule has 0 radical (unpaired) electrons. The third-order valence-corrected chi connectivity index (χ3v) is 5.13. The minimum atomic E-state index is -0.203. The van der Waals surface area contributed by atoms with Gasteiger partial charge in [-0.2, -0.15) is 0 Å². The summed E-state index contributed by atoms with van der Waals surface area (Å²) in [7, 11) is 0. The van der Waals surface area contributed by atoms with E-state index in [1.807, 2.05) is 11.0 Å². The number of carbonyl (C=O) groups is 1. The zero-order valence-corrected chi connectivity index (χ0v) is 14.2. The molecule has 132 valence electrons. The lowest BCUT2D eigenvalue weighted by molar-refractivity contribution is 0.0372. The molecule has 2 amide bonds. The van der Waals surface area contributed by atoms with Crippen LogP contribution in [0.3, 0.4) is 0 Å². The number of nitrogens with one attached hydrogen (secondary N) is 1. The van der Waals surface area contributed by atoms with E-state index in [1.54, 1.807) is 12.1 Å². The molecule has 3 rings (SSSR count). The van der Waals surface area contributed by atoms with Crippen LogP contribution in [0.15, 0.2) is 24.3 Å². The summed E-state index contributed by atoms with van der Waals surface area (Å²) in [4.78, 5) is 14.1. The fourth-order valence-corrected chi connectivity index (χ4v) is 3.74. The van der Waals surface area contributed by atoms with Crippen LogP contribution in [0.5, 0.6) is 0 Å². The van der Waals surface area contributed by atoms with Gasteiger partial charge < -0.3 is 15.0 Å². The van der Waals surface area contributed by atoms with Crippen LogP contribution < -0.4 is 5.32 Å². The summed E-state index contributed by atoms with van der Waals surface area (Å²) in [6, 6.07) is 6.67. The minimum absolute atomic E-state index is 0.0278. The molecule has 1 aromatic rings. The second-order valence-corrected chi connectivity index (χ2v) is 6.84. The molecule has 2 aliphatic rings. The van der Waals surface area contributed by atoms with Crippen LogP contribution in [0.2, 0.25) is 0 Å². The molecular formula is C19H27FN2O2. The molecule has 24 heavy (non-hydrogen) atoms. The predicted molar refractivity (Wildman–Crippen MR) is 91.4 cm³/mol. The molecule has 2 fully saturated rings. The number of ether oxygens (including phenoxy) is 1. The Bertz CT molecular complexity index is 538. The van der Waals surface area contributed by atoms with Crippen LogP contribution in [-0.4, -0.2) is 43.3 Å². The van der Waals surface area contributed by atoms with Crippen molar-refractivity contribution in [3.05, 3.63) is 35.6 Å². The first-order valence-corrected chi connectivity index (χ1v) is 9.11. The van der Waals surface area contributed by atoms with Gasteiger partial charge in [-0.25, -0.2) is 9.18 Å². The van der Waals surface area contributed by atoms with Gasteiger partial charge in [-0.15, -0.1) is 0 Å². The Morgan fingerprint density at radius 2 is 2.12 bits per heavy atom. The SMILES string of the molecule is O=C(NCCCc1cccc(F)c1)N1CCC(C2CCCO2)CC1. The van der Waals surface area contributed by atoms with Crippen molar-refractivity contribution >= 4 is 6.03 Å². The Morgan fingerprint density at radius 1 is 1.29 bits per heavy atom. The van der Waals surface area contributed by atoms with Crippen molar-refractivity contribution in [2.75, 3.05) is 26.2 Å². The highest BCUT2D eigenvalue weighted by molar-refractivity contribution is 5.74. The monoisotopic (exact) mass is 334 g/mol. The summed E-state index contributed by atoms with van der Waals surface area (Å²) in [6.07, 6.45) is 6.46. The van der Waals surface area contributed by atoms with E-state index < -0.39 is 0 Å². The standard InChI is InChI=1S/C19H27FN2O2/c20-17-6-1-4-15(14-17)5-2-10-21-19(23)22-11-8-16(9-12-22)18-7-3-13-24-18/h1,4,6,14,16,18H,2-3,5,7-13H2,(H,21,23). The maximum absolute atomic E-state index is 13.1. The van der Waals surface area contributed by atoms with Gasteiger partial charge in [0.25, 0.3) is 0 Å². The highest BCUT2D eigenvalue weighted by Gasteiger charge is 2.30. The number of urea groups is 1. The summed E-state index contributed by atoms with van der Waals surface area (Å²) >= 11 is 0. The molecule has 0 bridgehead atoms. The number of carbonyl (C=O) groups excluding carboxylic acids is 1. The van der Waals surface area contributed by atoms with E-state index in [0.29, 0.717) is 18.6 Å². The molecule has 1 unspecified atom stereocenters. The largest absolute Gasteiger partial charge is 0.378 e. The Balaban J connectivity index is 1.32. The molecule has 0 aliphatic carbocycles. The number of aryl methyl sites for hydroxylation is 1. The number of hydrogen-bond acceptors (Lipinski definition) is 2. The first-order chi connectivity index (χ1) is 11.7. The van der Waals surface area contributed by atoms with Crippen LogP contribution in [0.1, 0.15) is 37.7 Å². The maximum atomic E-state index is 13.1. The van der Waals surface area contributed by atoms with E-state index in [4.69, 9.17) is 4.74 Å². The molecule has 1 atom stereocenters. The van der Waals surface area contributed by atoms with Gasteiger partial charge in [0.15, 0.2) is 0 Å². The second kappa shape index (κ2) is 8.47. The van der Waals surface area contributed by atoms with Gasteiger partial charge in [-0.1, -0.05) is 12.1 Å². The number of piperidine rings is 1.